The van der Waals surface area contributed by atoms with E-state index in [4.69, 9.17) is 9.47 Å². The van der Waals surface area contributed by atoms with Crippen molar-refractivity contribution in [3.63, 3.8) is 0 Å². The van der Waals surface area contributed by atoms with Gasteiger partial charge < -0.3 is 14.6 Å². The molecule has 11 atom stereocenters. The number of carbonyl (C=O) groups is 3. The molecule has 6 heteroatoms. The Bertz CT molecular complexity index is 1130. The molecule has 0 heterocycles. The second-order valence-electron chi connectivity index (χ2n) is 16.2. The maximum atomic E-state index is 12.9. The smallest absolute Gasteiger partial charge is 0.320 e. The average molecular weight is 571 g/mol. The van der Waals surface area contributed by atoms with Gasteiger partial charge in [-0.05, 0) is 124 Å². The van der Waals surface area contributed by atoms with Crippen molar-refractivity contribution in [2.45, 2.75) is 119 Å². The van der Waals surface area contributed by atoms with Gasteiger partial charge in [-0.25, -0.2) is 0 Å². The Balaban J connectivity index is 1.44. The van der Waals surface area contributed by atoms with Gasteiger partial charge in [0, 0.05) is 5.41 Å². The number of ether oxygens (including phenoxy) is 2. The Hall–Kier alpha value is -1.85. The molecule has 5 saturated carbocycles. The highest BCUT2D eigenvalue weighted by Crippen LogP contribution is 2.77. The van der Waals surface area contributed by atoms with Gasteiger partial charge >= 0.3 is 17.9 Å². The molecule has 6 nitrogen and oxygen atoms in total. The number of rotatable bonds is 5. The normalized spacial score (nSPS) is 47.0. The molecule has 5 fully saturated rings. The SMILES string of the molecule is C=C(C)[C@@H]1CC[C@]2(C(=O)O)CC[C@]3(C)C(CCC4[C@@]5(C)CC[C@H](OC(=O)C(C)C(=O)OC)C(C)(C)C5CC[C@]43C)C12. The Labute approximate surface area is 247 Å². The van der Waals surface area contributed by atoms with Crippen molar-refractivity contribution >= 4 is 17.9 Å². The Kier molecular flexibility index (Phi) is 7.34. The second-order valence-corrected chi connectivity index (χ2v) is 16.2. The van der Waals surface area contributed by atoms with E-state index in [2.05, 4.69) is 48.1 Å². The highest BCUT2D eigenvalue weighted by molar-refractivity contribution is 5.94. The first-order valence-electron chi connectivity index (χ1n) is 16.2. The quantitative estimate of drug-likeness (QED) is 0.210. The zero-order chi connectivity index (χ0) is 30.3. The third kappa shape index (κ3) is 4.04. The van der Waals surface area contributed by atoms with E-state index >= 15 is 0 Å². The minimum atomic E-state index is -0.920. The van der Waals surface area contributed by atoms with E-state index in [9.17, 15) is 19.5 Å². The fraction of sp³-hybridized carbons (Fsp3) is 0.857. The van der Waals surface area contributed by atoms with E-state index in [1.165, 1.54) is 12.7 Å². The van der Waals surface area contributed by atoms with Crippen LogP contribution in [-0.2, 0) is 23.9 Å². The van der Waals surface area contributed by atoms with Crippen LogP contribution in [0.25, 0.3) is 0 Å². The molecule has 0 aliphatic heterocycles. The van der Waals surface area contributed by atoms with Gasteiger partial charge in [0.2, 0.25) is 0 Å². The summed E-state index contributed by atoms with van der Waals surface area (Å²) in [4.78, 5) is 37.8. The van der Waals surface area contributed by atoms with Gasteiger partial charge in [0.1, 0.15) is 6.10 Å². The van der Waals surface area contributed by atoms with Crippen LogP contribution in [0.5, 0.6) is 0 Å². The van der Waals surface area contributed by atoms with Crippen molar-refractivity contribution in [1.29, 1.82) is 0 Å². The molecule has 1 N–H and O–H groups in total. The van der Waals surface area contributed by atoms with Crippen molar-refractivity contribution in [3.05, 3.63) is 12.2 Å². The number of hydrogen-bond acceptors (Lipinski definition) is 5. The summed E-state index contributed by atoms with van der Waals surface area (Å²) in [7, 11) is 1.30. The van der Waals surface area contributed by atoms with Crippen LogP contribution in [0.4, 0.5) is 0 Å². The van der Waals surface area contributed by atoms with Gasteiger partial charge in [0.25, 0.3) is 0 Å². The van der Waals surface area contributed by atoms with Crippen LogP contribution < -0.4 is 0 Å². The molecule has 5 unspecified atom stereocenters. The number of methoxy groups -OCH3 is 1. The third-order valence-corrected chi connectivity index (χ3v) is 14.6. The number of hydrogen-bond donors (Lipinski definition) is 1. The molecular formula is C35H54O6. The lowest BCUT2D eigenvalue weighted by molar-refractivity contribution is -0.250. The van der Waals surface area contributed by atoms with E-state index < -0.39 is 29.2 Å². The van der Waals surface area contributed by atoms with Crippen LogP contribution >= 0.6 is 0 Å². The number of fused-ring (bicyclic) bond motifs is 7. The van der Waals surface area contributed by atoms with Crippen molar-refractivity contribution in [2.75, 3.05) is 7.11 Å². The van der Waals surface area contributed by atoms with Crippen molar-refractivity contribution < 1.29 is 29.0 Å². The molecule has 230 valence electrons. The molecule has 0 radical (unpaired) electrons. The molecule has 0 saturated heterocycles. The number of carboxylic acids is 1. The zero-order valence-electron chi connectivity index (χ0n) is 26.8. The lowest BCUT2D eigenvalue weighted by atomic mass is 9.32. The van der Waals surface area contributed by atoms with E-state index in [0.29, 0.717) is 23.7 Å². The summed E-state index contributed by atoms with van der Waals surface area (Å²) in [6.45, 7) is 20.2. The molecule has 0 aromatic carbocycles. The molecule has 0 aromatic rings. The minimum absolute atomic E-state index is 0.0922. The minimum Gasteiger partial charge on any atom is -0.481 e. The summed E-state index contributed by atoms with van der Waals surface area (Å²) < 4.78 is 10.9. The van der Waals surface area contributed by atoms with Crippen molar-refractivity contribution in [3.8, 4) is 0 Å². The largest absolute Gasteiger partial charge is 0.481 e. The molecule has 0 spiro atoms. The van der Waals surface area contributed by atoms with Gasteiger partial charge in [-0.3, -0.25) is 14.4 Å². The van der Waals surface area contributed by atoms with E-state index in [0.717, 1.165) is 64.2 Å². The number of carboxylic acid groups (broad SMARTS) is 1. The average Bonchev–Trinajstić information content (AvgIpc) is 3.31. The number of aliphatic carboxylic acids is 1. The molecule has 0 aromatic heterocycles. The van der Waals surface area contributed by atoms with Crippen LogP contribution in [0.2, 0.25) is 0 Å². The van der Waals surface area contributed by atoms with Crippen LogP contribution in [-0.4, -0.2) is 36.2 Å². The number of esters is 2. The van der Waals surface area contributed by atoms with Crippen LogP contribution in [0.15, 0.2) is 12.2 Å². The Morgan fingerprint density at radius 1 is 0.829 bits per heavy atom. The van der Waals surface area contributed by atoms with Gasteiger partial charge in [0.05, 0.1) is 12.5 Å². The predicted molar refractivity (Wildman–Crippen MR) is 158 cm³/mol. The molecule has 5 aliphatic carbocycles. The highest BCUT2D eigenvalue weighted by atomic mass is 16.6. The Morgan fingerprint density at radius 3 is 2.12 bits per heavy atom. The summed E-state index contributed by atoms with van der Waals surface area (Å²) in [6.07, 6.45) is 9.55. The van der Waals surface area contributed by atoms with Gasteiger partial charge in [-0.2, -0.15) is 0 Å². The second kappa shape index (κ2) is 9.84. The lowest BCUT2D eigenvalue weighted by Gasteiger charge is -2.72. The molecule has 0 bridgehead atoms. The summed E-state index contributed by atoms with van der Waals surface area (Å²) in [5, 5.41) is 10.6. The van der Waals surface area contributed by atoms with Gasteiger partial charge in [0.15, 0.2) is 5.92 Å². The lowest BCUT2D eigenvalue weighted by Crippen LogP contribution is -2.67. The summed E-state index contributed by atoms with van der Waals surface area (Å²) in [6, 6.07) is 0. The summed E-state index contributed by atoms with van der Waals surface area (Å²) >= 11 is 0. The fourth-order valence-corrected chi connectivity index (χ4v) is 12.2. The first-order chi connectivity index (χ1) is 19.0. The first-order valence-corrected chi connectivity index (χ1v) is 16.2. The summed E-state index contributed by atoms with van der Waals surface area (Å²) in [5.74, 6) is -0.691. The van der Waals surface area contributed by atoms with Crippen LogP contribution in [0.1, 0.15) is 113 Å². The molecule has 0 amide bonds. The standard InChI is InChI=1S/C35H54O6/c1-20(2)22-12-17-35(30(38)39)19-18-33(7)23(27(22)35)10-11-25-32(6)15-14-26(41-29(37)21(3)28(36)40-9)31(4,5)24(32)13-16-34(25,33)8/h21-27H,1,10-19H2,2-9H3,(H,38,39)/t21?,22-,23?,24?,25?,26-,27?,32-,33+,34+,35-/m0/s1. The molecule has 5 rings (SSSR count). The summed E-state index contributed by atoms with van der Waals surface area (Å²) in [5.41, 5.74) is 0.706. The topological polar surface area (TPSA) is 89.9 Å². The fourth-order valence-electron chi connectivity index (χ4n) is 12.2. The first kappa shape index (κ1) is 30.6. The zero-order valence-corrected chi connectivity index (χ0v) is 26.8. The predicted octanol–water partition coefficient (Wildman–Crippen LogP) is 7.45. The van der Waals surface area contributed by atoms with E-state index in [1.807, 2.05) is 0 Å². The third-order valence-electron chi connectivity index (χ3n) is 14.6. The number of allylic oxidation sites excluding steroid dienone is 1. The maximum absolute atomic E-state index is 12.9. The van der Waals surface area contributed by atoms with Gasteiger partial charge in [-0.1, -0.05) is 46.8 Å². The van der Waals surface area contributed by atoms with Gasteiger partial charge in [-0.15, -0.1) is 0 Å². The van der Waals surface area contributed by atoms with Crippen molar-refractivity contribution in [2.24, 2.45) is 62.6 Å². The Morgan fingerprint density at radius 2 is 1.51 bits per heavy atom. The maximum Gasteiger partial charge on any atom is 0.320 e. The van der Waals surface area contributed by atoms with E-state index in [1.54, 1.807) is 6.92 Å². The van der Waals surface area contributed by atoms with Crippen LogP contribution in [0.3, 0.4) is 0 Å². The van der Waals surface area contributed by atoms with E-state index in [-0.39, 0.29) is 33.7 Å². The monoisotopic (exact) mass is 570 g/mol. The number of carbonyl (C=O) groups excluding carboxylic acids is 2. The molecular weight excluding hydrogens is 516 g/mol. The van der Waals surface area contributed by atoms with Crippen molar-refractivity contribution in [1.82, 2.24) is 0 Å². The van der Waals surface area contributed by atoms with Crippen LogP contribution in [0, 0.1) is 62.6 Å². The molecule has 5 aliphatic rings. The molecule has 41 heavy (non-hydrogen) atoms. The highest BCUT2D eigenvalue weighted by Gasteiger charge is 2.72.